The minimum atomic E-state index is 1.00. The van der Waals surface area contributed by atoms with Crippen LogP contribution in [0.5, 0.6) is 0 Å². The molecule has 0 N–H and O–H groups in total. The van der Waals surface area contributed by atoms with E-state index in [1.54, 1.807) is 0 Å². The van der Waals surface area contributed by atoms with Crippen molar-refractivity contribution in [1.82, 2.24) is 4.90 Å². The molecular weight excluding hydrogens is 158 g/mol. The zero-order valence-electron chi connectivity index (χ0n) is 9.13. The van der Waals surface area contributed by atoms with Crippen molar-refractivity contribution in [3.8, 4) is 0 Å². The highest BCUT2D eigenvalue weighted by Gasteiger charge is 2.33. The van der Waals surface area contributed by atoms with Gasteiger partial charge in [0.1, 0.15) is 0 Å². The molecule has 0 radical (unpaired) electrons. The van der Waals surface area contributed by atoms with Crippen molar-refractivity contribution in [3.63, 3.8) is 0 Å². The lowest BCUT2D eigenvalue weighted by molar-refractivity contribution is 0.306. The van der Waals surface area contributed by atoms with Crippen LogP contribution in [0.4, 0.5) is 0 Å². The fourth-order valence-corrected chi connectivity index (χ4v) is 2.78. The second kappa shape index (κ2) is 4.00. The molecule has 0 amide bonds. The first-order valence-electron chi connectivity index (χ1n) is 6.05. The van der Waals surface area contributed by atoms with Gasteiger partial charge in [-0.2, -0.15) is 0 Å². The van der Waals surface area contributed by atoms with Crippen molar-refractivity contribution in [2.45, 2.75) is 39.5 Å². The van der Waals surface area contributed by atoms with Gasteiger partial charge in [-0.05, 0) is 30.6 Å². The van der Waals surface area contributed by atoms with Gasteiger partial charge in [0.05, 0.1) is 0 Å². The molecule has 1 aliphatic carbocycles. The summed E-state index contributed by atoms with van der Waals surface area (Å²) < 4.78 is 0. The van der Waals surface area contributed by atoms with Crippen LogP contribution in [0.1, 0.15) is 39.5 Å². The molecule has 2 atom stereocenters. The fourth-order valence-electron chi connectivity index (χ4n) is 2.78. The molecule has 1 aliphatic heterocycles. The Bertz CT molecular complexity index is 151. The van der Waals surface area contributed by atoms with E-state index in [1.165, 1.54) is 45.3 Å². The second-order valence-corrected chi connectivity index (χ2v) is 5.00. The molecule has 1 nitrogen and oxygen atoms in total. The lowest BCUT2D eigenvalue weighted by atomic mass is 9.92. The first kappa shape index (κ1) is 9.51. The van der Waals surface area contributed by atoms with Gasteiger partial charge >= 0.3 is 0 Å². The molecule has 2 aliphatic rings. The summed E-state index contributed by atoms with van der Waals surface area (Å²) in [6.07, 6.45) is 5.79. The Kier molecular flexibility index (Phi) is 2.92. The average Bonchev–Trinajstić information content (AvgIpc) is 2.84. The van der Waals surface area contributed by atoms with E-state index in [0.29, 0.717) is 0 Å². The minimum absolute atomic E-state index is 1.00. The van der Waals surface area contributed by atoms with Gasteiger partial charge < -0.3 is 4.90 Å². The number of hydrogen-bond donors (Lipinski definition) is 0. The highest BCUT2D eigenvalue weighted by molar-refractivity contribution is 4.86. The summed E-state index contributed by atoms with van der Waals surface area (Å²) in [6.45, 7) is 8.91. The second-order valence-electron chi connectivity index (χ2n) is 5.00. The van der Waals surface area contributed by atoms with Crippen LogP contribution in [0.25, 0.3) is 0 Å². The van der Waals surface area contributed by atoms with E-state index in [0.717, 1.165) is 17.8 Å². The summed E-state index contributed by atoms with van der Waals surface area (Å²) in [7, 11) is 0. The summed E-state index contributed by atoms with van der Waals surface area (Å²) in [5.74, 6) is 3.08. The van der Waals surface area contributed by atoms with Crippen molar-refractivity contribution < 1.29 is 0 Å². The lowest BCUT2D eigenvalue weighted by Crippen LogP contribution is -2.23. The Balaban J connectivity index is 1.80. The Morgan fingerprint density at radius 3 is 1.92 bits per heavy atom. The Morgan fingerprint density at radius 2 is 1.54 bits per heavy atom. The first-order valence-corrected chi connectivity index (χ1v) is 6.05. The van der Waals surface area contributed by atoms with Crippen LogP contribution in [0.15, 0.2) is 0 Å². The van der Waals surface area contributed by atoms with Crippen LogP contribution in [0.2, 0.25) is 0 Å². The number of hydrogen-bond acceptors (Lipinski definition) is 1. The molecule has 1 saturated heterocycles. The van der Waals surface area contributed by atoms with Gasteiger partial charge in [-0.3, -0.25) is 0 Å². The maximum atomic E-state index is 2.72. The predicted molar refractivity (Wildman–Crippen MR) is 56.7 cm³/mol. The number of nitrogens with zero attached hydrogens (tertiary/aromatic N) is 1. The van der Waals surface area contributed by atoms with Gasteiger partial charge in [-0.15, -0.1) is 0 Å². The molecule has 0 spiro atoms. The van der Waals surface area contributed by atoms with Crippen LogP contribution in [-0.2, 0) is 0 Å². The summed E-state index contributed by atoms with van der Waals surface area (Å²) in [4.78, 5) is 2.72. The quantitative estimate of drug-likeness (QED) is 0.644. The SMILES string of the molecule is CC[C@@H]1CN(CC2CC2)C[C@@H]1CC. The largest absolute Gasteiger partial charge is 0.302 e. The van der Waals surface area contributed by atoms with E-state index in [9.17, 15) is 0 Å². The van der Waals surface area contributed by atoms with Crippen molar-refractivity contribution in [2.24, 2.45) is 17.8 Å². The van der Waals surface area contributed by atoms with Crippen molar-refractivity contribution in [1.29, 1.82) is 0 Å². The maximum absolute atomic E-state index is 2.72. The third-order valence-corrected chi connectivity index (χ3v) is 3.91. The summed E-state index contributed by atoms with van der Waals surface area (Å²) >= 11 is 0. The van der Waals surface area contributed by atoms with E-state index in [-0.39, 0.29) is 0 Å². The van der Waals surface area contributed by atoms with Crippen LogP contribution in [0.3, 0.4) is 0 Å². The first-order chi connectivity index (χ1) is 6.33. The Hall–Kier alpha value is -0.0400. The fraction of sp³-hybridized carbons (Fsp3) is 1.00. The molecule has 1 saturated carbocycles. The Labute approximate surface area is 82.5 Å². The van der Waals surface area contributed by atoms with Crippen molar-refractivity contribution >= 4 is 0 Å². The van der Waals surface area contributed by atoms with Gasteiger partial charge in [0.15, 0.2) is 0 Å². The van der Waals surface area contributed by atoms with Gasteiger partial charge in [0.25, 0.3) is 0 Å². The normalized spacial score (nSPS) is 35.5. The molecule has 0 aromatic carbocycles. The zero-order chi connectivity index (χ0) is 9.26. The molecule has 1 heteroatoms. The highest BCUT2D eigenvalue weighted by Crippen LogP contribution is 2.34. The standard InChI is InChI=1S/C12H23N/c1-3-11-8-13(7-10-5-6-10)9-12(11)4-2/h10-12H,3-9H2,1-2H3/t11-,12+. The lowest BCUT2D eigenvalue weighted by Gasteiger charge is -2.14. The molecule has 0 unspecified atom stereocenters. The van der Waals surface area contributed by atoms with Gasteiger partial charge in [-0.1, -0.05) is 26.7 Å². The van der Waals surface area contributed by atoms with Crippen molar-refractivity contribution in [2.75, 3.05) is 19.6 Å². The minimum Gasteiger partial charge on any atom is -0.302 e. The molecule has 13 heavy (non-hydrogen) atoms. The summed E-state index contributed by atoms with van der Waals surface area (Å²) in [5.41, 5.74) is 0. The Morgan fingerprint density at radius 1 is 1.00 bits per heavy atom. The molecule has 0 aromatic rings. The summed E-state index contributed by atoms with van der Waals surface area (Å²) in [5, 5.41) is 0. The average molecular weight is 181 g/mol. The molecule has 0 aromatic heterocycles. The number of rotatable bonds is 4. The smallest absolute Gasteiger partial charge is 0.00129 e. The molecular formula is C12H23N. The molecule has 76 valence electrons. The van der Waals surface area contributed by atoms with E-state index in [4.69, 9.17) is 0 Å². The van der Waals surface area contributed by atoms with Crippen LogP contribution in [0, 0.1) is 17.8 Å². The van der Waals surface area contributed by atoms with E-state index in [2.05, 4.69) is 18.7 Å². The maximum Gasteiger partial charge on any atom is 0.00129 e. The molecule has 0 bridgehead atoms. The molecule has 2 fully saturated rings. The van der Waals surface area contributed by atoms with E-state index < -0.39 is 0 Å². The topological polar surface area (TPSA) is 3.24 Å². The zero-order valence-corrected chi connectivity index (χ0v) is 9.13. The summed E-state index contributed by atoms with van der Waals surface area (Å²) in [6, 6.07) is 0. The molecule has 2 rings (SSSR count). The number of likely N-dealkylation sites (tertiary alicyclic amines) is 1. The third-order valence-electron chi connectivity index (χ3n) is 3.91. The van der Waals surface area contributed by atoms with Gasteiger partial charge in [-0.25, -0.2) is 0 Å². The monoisotopic (exact) mass is 181 g/mol. The van der Waals surface area contributed by atoms with Gasteiger partial charge in [0, 0.05) is 19.6 Å². The van der Waals surface area contributed by atoms with Crippen LogP contribution >= 0.6 is 0 Å². The highest BCUT2D eigenvalue weighted by atomic mass is 15.2. The van der Waals surface area contributed by atoms with Crippen LogP contribution < -0.4 is 0 Å². The predicted octanol–water partition coefficient (Wildman–Crippen LogP) is 2.76. The van der Waals surface area contributed by atoms with E-state index >= 15 is 0 Å². The molecule has 1 heterocycles. The van der Waals surface area contributed by atoms with Crippen molar-refractivity contribution in [3.05, 3.63) is 0 Å². The van der Waals surface area contributed by atoms with Gasteiger partial charge in [0.2, 0.25) is 0 Å². The van der Waals surface area contributed by atoms with E-state index in [1.807, 2.05) is 0 Å². The third kappa shape index (κ3) is 2.25. The van der Waals surface area contributed by atoms with Crippen LogP contribution in [-0.4, -0.2) is 24.5 Å².